The number of hydrogen-bond donors (Lipinski definition) is 2. The standard InChI is InChI=1S/C23H27N9O/c24-19-16-5-2-1-4-15(16)14-23(19)7-12-30(13-8-23)22-27-20(25)18(28-29-22)21(33)31-10-3-11-32-17(31)6-9-26-32/h1-2,4-6,9,19H,3,7-8,10-14,24H2,(H2,25,27,29). The molecule has 33 heavy (non-hydrogen) atoms. The van der Waals surface area contributed by atoms with E-state index in [4.69, 9.17) is 11.5 Å². The quantitative estimate of drug-likeness (QED) is 0.607. The van der Waals surface area contributed by atoms with Crippen LogP contribution in [0.2, 0.25) is 0 Å². The van der Waals surface area contributed by atoms with Crippen LogP contribution < -0.4 is 21.3 Å². The maximum atomic E-state index is 13.1. The summed E-state index contributed by atoms with van der Waals surface area (Å²) in [4.78, 5) is 21.3. The summed E-state index contributed by atoms with van der Waals surface area (Å²) in [6.45, 7) is 2.93. The maximum absolute atomic E-state index is 13.1. The highest BCUT2D eigenvalue weighted by Gasteiger charge is 2.46. The molecule has 1 aromatic carbocycles. The van der Waals surface area contributed by atoms with Gasteiger partial charge in [0.05, 0.1) is 6.20 Å². The minimum atomic E-state index is -0.298. The molecular formula is C23H27N9O. The third-order valence-electron chi connectivity index (χ3n) is 7.51. The van der Waals surface area contributed by atoms with Gasteiger partial charge < -0.3 is 16.4 Å². The van der Waals surface area contributed by atoms with Gasteiger partial charge in [0.25, 0.3) is 5.91 Å². The highest BCUT2D eigenvalue weighted by atomic mass is 16.2. The summed E-state index contributed by atoms with van der Waals surface area (Å²) in [6.07, 6.45) is 5.42. The number of fused-ring (bicyclic) bond motifs is 2. The van der Waals surface area contributed by atoms with Crippen molar-refractivity contribution in [1.82, 2.24) is 25.0 Å². The van der Waals surface area contributed by atoms with Gasteiger partial charge in [-0.3, -0.25) is 9.69 Å². The number of carbonyl (C=O) groups is 1. The van der Waals surface area contributed by atoms with Crippen molar-refractivity contribution in [3.05, 3.63) is 53.3 Å². The lowest BCUT2D eigenvalue weighted by Crippen LogP contribution is -2.45. The van der Waals surface area contributed by atoms with Crippen molar-refractivity contribution in [2.75, 3.05) is 35.2 Å². The van der Waals surface area contributed by atoms with Gasteiger partial charge in [-0.25, -0.2) is 4.68 Å². The first-order chi connectivity index (χ1) is 16.1. The number of benzene rings is 1. The molecule has 4 heterocycles. The molecule has 1 spiro atoms. The zero-order chi connectivity index (χ0) is 22.6. The normalized spacial score (nSPS) is 21.2. The zero-order valence-corrected chi connectivity index (χ0v) is 18.4. The molecule has 4 N–H and O–H groups in total. The topological polar surface area (TPSA) is 132 Å². The molecule has 0 radical (unpaired) electrons. The number of carbonyl (C=O) groups excluding carboxylic acids is 1. The Kier molecular flexibility index (Phi) is 4.58. The van der Waals surface area contributed by atoms with E-state index in [0.29, 0.717) is 12.5 Å². The van der Waals surface area contributed by atoms with Crippen LogP contribution >= 0.6 is 0 Å². The first-order valence-corrected chi connectivity index (χ1v) is 11.5. The van der Waals surface area contributed by atoms with Gasteiger partial charge in [-0.1, -0.05) is 24.3 Å². The van der Waals surface area contributed by atoms with E-state index in [1.54, 1.807) is 11.1 Å². The van der Waals surface area contributed by atoms with E-state index in [-0.39, 0.29) is 28.9 Å². The van der Waals surface area contributed by atoms with Gasteiger partial charge in [0, 0.05) is 38.3 Å². The van der Waals surface area contributed by atoms with Crippen molar-refractivity contribution >= 4 is 23.5 Å². The van der Waals surface area contributed by atoms with E-state index in [0.717, 1.165) is 51.1 Å². The molecule has 1 atom stereocenters. The van der Waals surface area contributed by atoms with E-state index in [1.165, 1.54) is 11.1 Å². The predicted molar refractivity (Wildman–Crippen MR) is 124 cm³/mol. The Morgan fingerprint density at radius 2 is 1.88 bits per heavy atom. The molecule has 1 amide bonds. The van der Waals surface area contributed by atoms with Crippen LogP contribution in [0.3, 0.4) is 0 Å². The van der Waals surface area contributed by atoms with Crippen molar-refractivity contribution in [2.45, 2.75) is 38.3 Å². The second kappa shape index (κ2) is 7.51. The zero-order valence-electron chi connectivity index (χ0n) is 18.4. The summed E-state index contributed by atoms with van der Waals surface area (Å²) in [5.41, 5.74) is 15.7. The third-order valence-corrected chi connectivity index (χ3v) is 7.51. The second-order valence-corrected chi connectivity index (χ2v) is 9.27. The van der Waals surface area contributed by atoms with Crippen LogP contribution in [-0.4, -0.2) is 50.5 Å². The monoisotopic (exact) mass is 445 g/mol. The van der Waals surface area contributed by atoms with E-state index in [1.807, 2.05) is 10.7 Å². The van der Waals surface area contributed by atoms with E-state index in [2.05, 4.69) is 49.4 Å². The summed E-state index contributed by atoms with van der Waals surface area (Å²) in [5, 5.41) is 12.7. The molecule has 0 bridgehead atoms. The summed E-state index contributed by atoms with van der Waals surface area (Å²) < 4.78 is 1.81. The Morgan fingerprint density at radius 1 is 1.06 bits per heavy atom. The van der Waals surface area contributed by atoms with Crippen molar-refractivity contribution < 1.29 is 4.79 Å². The van der Waals surface area contributed by atoms with Crippen LogP contribution in [0.15, 0.2) is 36.5 Å². The summed E-state index contributed by atoms with van der Waals surface area (Å²) >= 11 is 0. The SMILES string of the molecule is Nc1nc(N2CCC3(CC2)Cc2ccccc2C3N)nnc1C(=O)N1CCCn2nccc21. The predicted octanol–water partition coefficient (Wildman–Crippen LogP) is 1.54. The first-order valence-electron chi connectivity index (χ1n) is 11.5. The third kappa shape index (κ3) is 3.16. The number of hydrogen-bond acceptors (Lipinski definition) is 8. The van der Waals surface area contributed by atoms with Crippen molar-refractivity contribution in [3.8, 4) is 0 Å². The molecule has 3 aliphatic rings. The number of rotatable bonds is 2. The molecule has 0 saturated carbocycles. The van der Waals surface area contributed by atoms with E-state index in [9.17, 15) is 4.79 Å². The summed E-state index contributed by atoms with van der Waals surface area (Å²) in [5.74, 6) is 1.01. The highest BCUT2D eigenvalue weighted by molar-refractivity contribution is 6.07. The number of amides is 1. The number of aromatic nitrogens is 5. The van der Waals surface area contributed by atoms with Crippen molar-refractivity contribution in [1.29, 1.82) is 0 Å². The van der Waals surface area contributed by atoms with Crippen LogP contribution in [-0.2, 0) is 13.0 Å². The molecule has 1 unspecified atom stereocenters. The van der Waals surface area contributed by atoms with Gasteiger partial charge in [0.2, 0.25) is 5.95 Å². The smallest absolute Gasteiger partial charge is 0.283 e. The molecule has 10 heteroatoms. The number of nitrogen functional groups attached to an aromatic ring is 1. The maximum Gasteiger partial charge on any atom is 0.283 e. The largest absolute Gasteiger partial charge is 0.382 e. The molecular weight excluding hydrogens is 418 g/mol. The molecule has 6 rings (SSSR count). The molecule has 1 saturated heterocycles. The van der Waals surface area contributed by atoms with Crippen LogP contribution in [0.25, 0.3) is 0 Å². The Hall–Kier alpha value is -3.53. The fourth-order valence-corrected chi connectivity index (χ4v) is 5.63. The fourth-order valence-electron chi connectivity index (χ4n) is 5.63. The molecule has 1 fully saturated rings. The van der Waals surface area contributed by atoms with E-state index >= 15 is 0 Å². The highest BCUT2D eigenvalue weighted by Crippen LogP contribution is 2.50. The number of anilines is 3. The fraction of sp³-hybridized carbons (Fsp3) is 0.435. The van der Waals surface area contributed by atoms with Crippen LogP contribution in [0, 0.1) is 5.41 Å². The minimum absolute atomic E-state index is 0.0536. The Balaban J connectivity index is 1.18. The molecule has 2 aromatic heterocycles. The van der Waals surface area contributed by atoms with Gasteiger partial charge in [-0.2, -0.15) is 10.1 Å². The molecule has 1 aliphatic carbocycles. The lowest BCUT2D eigenvalue weighted by molar-refractivity contribution is 0.0976. The average Bonchev–Trinajstić information content (AvgIpc) is 3.42. The lowest BCUT2D eigenvalue weighted by atomic mass is 9.73. The lowest BCUT2D eigenvalue weighted by Gasteiger charge is -2.42. The molecule has 3 aromatic rings. The van der Waals surface area contributed by atoms with Crippen LogP contribution in [0.1, 0.15) is 46.9 Å². The number of aryl methyl sites for hydroxylation is 1. The van der Waals surface area contributed by atoms with Gasteiger partial charge >= 0.3 is 0 Å². The number of nitrogens with zero attached hydrogens (tertiary/aromatic N) is 7. The van der Waals surface area contributed by atoms with Gasteiger partial charge in [-0.05, 0) is 42.2 Å². The summed E-state index contributed by atoms with van der Waals surface area (Å²) in [7, 11) is 0. The van der Waals surface area contributed by atoms with Gasteiger partial charge in [0.15, 0.2) is 11.5 Å². The number of nitrogens with two attached hydrogens (primary N) is 2. The Morgan fingerprint density at radius 3 is 2.67 bits per heavy atom. The van der Waals surface area contributed by atoms with Crippen LogP contribution in [0.4, 0.5) is 17.6 Å². The molecule has 10 nitrogen and oxygen atoms in total. The van der Waals surface area contributed by atoms with Crippen molar-refractivity contribution in [2.24, 2.45) is 11.1 Å². The molecule has 2 aliphatic heterocycles. The number of piperidine rings is 1. The van der Waals surface area contributed by atoms with Gasteiger partial charge in [0.1, 0.15) is 5.82 Å². The first kappa shape index (κ1) is 20.1. The Bertz CT molecular complexity index is 1210. The van der Waals surface area contributed by atoms with Gasteiger partial charge in [-0.15, -0.1) is 10.2 Å². The Labute approximate surface area is 191 Å². The second-order valence-electron chi connectivity index (χ2n) is 9.27. The van der Waals surface area contributed by atoms with Crippen LogP contribution in [0.5, 0.6) is 0 Å². The summed E-state index contributed by atoms with van der Waals surface area (Å²) in [6, 6.07) is 10.4. The average molecular weight is 446 g/mol. The van der Waals surface area contributed by atoms with Crippen molar-refractivity contribution in [3.63, 3.8) is 0 Å². The minimum Gasteiger partial charge on any atom is -0.382 e. The molecule has 170 valence electrons. The van der Waals surface area contributed by atoms with E-state index < -0.39 is 0 Å².